The van der Waals surface area contributed by atoms with Gasteiger partial charge in [-0.1, -0.05) is 22.8 Å². The second-order valence-electron chi connectivity index (χ2n) is 10.7. The van der Waals surface area contributed by atoms with Gasteiger partial charge in [0, 0.05) is 34.4 Å². The van der Waals surface area contributed by atoms with E-state index in [2.05, 4.69) is 15.8 Å². The Morgan fingerprint density at radius 2 is 1.38 bits per heavy atom. The summed E-state index contributed by atoms with van der Waals surface area (Å²) in [5.41, 5.74) is 5.29. The van der Waals surface area contributed by atoms with Gasteiger partial charge in [0.05, 0.1) is 35.5 Å². The quantitative estimate of drug-likeness (QED) is 0.122. The summed E-state index contributed by atoms with van der Waals surface area (Å²) in [6.07, 6.45) is -0.0904. The standard InChI is InChI=1S/C36H36ClN3O8/c1-41-28-10-6-21(27-19-30(48-40-27)23-17-33(43-3)35(45-5)34(18-23)44-4)15-32(28)47-13-12-46-29-11-7-22(16-31(29)42-2)36-38-20-24-14-25(37)8-9-26(24)39-36/h6-11,14-19,36,38-39H,12-13,20H2,1-5H3. The number of fused-ring (bicyclic) bond motifs is 1. The van der Waals surface area contributed by atoms with Crippen LogP contribution in [0.1, 0.15) is 17.3 Å². The first-order valence-corrected chi connectivity index (χ1v) is 15.5. The van der Waals surface area contributed by atoms with Gasteiger partial charge in [-0.3, -0.25) is 5.32 Å². The minimum atomic E-state index is -0.0904. The van der Waals surface area contributed by atoms with E-state index < -0.39 is 0 Å². The summed E-state index contributed by atoms with van der Waals surface area (Å²) in [6, 6.07) is 22.7. The van der Waals surface area contributed by atoms with Gasteiger partial charge in [0.2, 0.25) is 5.75 Å². The molecular weight excluding hydrogens is 638 g/mol. The zero-order valence-corrected chi connectivity index (χ0v) is 28.0. The lowest BCUT2D eigenvalue weighted by atomic mass is 10.1. The molecule has 0 spiro atoms. The van der Waals surface area contributed by atoms with Crippen LogP contribution in [0.5, 0.6) is 40.2 Å². The van der Waals surface area contributed by atoms with E-state index in [1.807, 2.05) is 60.7 Å². The van der Waals surface area contributed by atoms with Gasteiger partial charge >= 0.3 is 0 Å². The third-order valence-electron chi connectivity index (χ3n) is 7.90. The molecule has 250 valence electrons. The van der Waals surface area contributed by atoms with Crippen LogP contribution in [0.2, 0.25) is 5.02 Å². The van der Waals surface area contributed by atoms with E-state index in [9.17, 15) is 0 Å². The number of nitrogens with zero attached hydrogens (tertiary/aromatic N) is 1. The number of rotatable bonds is 13. The van der Waals surface area contributed by atoms with Gasteiger partial charge < -0.3 is 43.0 Å². The van der Waals surface area contributed by atoms with Crippen molar-refractivity contribution in [2.75, 3.05) is 54.1 Å². The molecule has 48 heavy (non-hydrogen) atoms. The number of anilines is 1. The highest BCUT2D eigenvalue weighted by molar-refractivity contribution is 6.30. The molecule has 1 aliphatic heterocycles. The molecule has 1 unspecified atom stereocenters. The number of aromatic nitrogens is 1. The monoisotopic (exact) mass is 673 g/mol. The van der Waals surface area contributed by atoms with Crippen LogP contribution in [-0.4, -0.2) is 53.9 Å². The normalized spacial score (nSPS) is 13.6. The molecule has 0 bridgehead atoms. The van der Waals surface area contributed by atoms with Crippen LogP contribution in [0.15, 0.2) is 77.3 Å². The van der Waals surface area contributed by atoms with Crippen molar-refractivity contribution in [1.82, 2.24) is 10.5 Å². The average molecular weight is 674 g/mol. The maximum Gasteiger partial charge on any atom is 0.203 e. The fraction of sp³-hybridized carbons (Fsp3) is 0.250. The van der Waals surface area contributed by atoms with Crippen LogP contribution in [-0.2, 0) is 6.54 Å². The number of nitrogens with one attached hydrogen (secondary N) is 2. The number of benzene rings is 4. The third kappa shape index (κ3) is 6.87. The molecule has 1 aromatic heterocycles. The third-order valence-corrected chi connectivity index (χ3v) is 8.14. The number of halogens is 1. The van der Waals surface area contributed by atoms with Crippen LogP contribution >= 0.6 is 11.6 Å². The average Bonchev–Trinajstić information content (AvgIpc) is 3.63. The fourth-order valence-electron chi connectivity index (χ4n) is 5.47. The molecule has 11 nitrogen and oxygen atoms in total. The number of ether oxygens (including phenoxy) is 7. The van der Waals surface area contributed by atoms with E-state index in [1.54, 1.807) is 47.7 Å². The molecule has 1 atom stereocenters. The summed E-state index contributed by atoms with van der Waals surface area (Å²) in [7, 11) is 7.89. The summed E-state index contributed by atoms with van der Waals surface area (Å²) < 4.78 is 45.4. The number of methoxy groups -OCH3 is 5. The van der Waals surface area contributed by atoms with Gasteiger partial charge in [0.25, 0.3) is 0 Å². The van der Waals surface area contributed by atoms with E-state index in [0.717, 1.165) is 27.9 Å². The van der Waals surface area contributed by atoms with Crippen LogP contribution in [0, 0.1) is 0 Å². The van der Waals surface area contributed by atoms with Gasteiger partial charge in [-0.05, 0) is 71.8 Å². The van der Waals surface area contributed by atoms with E-state index in [0.29, 0.717) is 63.3 Å². The first kappa shape index (κ1) is 32.7. The predicted octanol–water partition coefficient (Wildman–Crippen LogP) is 7.38. The van der Waals surface area contributed by atoms with Crippen LogP contribution in [0.4, 0.5) is 5.69 Å². The van der Waals surface area contributed by atoms with Gasteiger partial charge in [-0.15, -0.1) is 0 Å². The SMILES string of the molecule is COc1cc(C2NCc3cc(Cl)ccc3N2)ccc1OCCOc1cc(-c2cc(-c3cc(OC)c(OC)c(OC)c3)on2)ccc1OC. The summed E-state index contributed by atoms with van der Waals surface area (Å²) in [5.74, 6) is 4.38. The number of hydrogen-bond donors (Lipinski definition) is 2. The Labute approximate surface area is 283 Å². The van der Waals surface area contributed by atoms with Crippen molar-refractivity contribution in [3.63, 3.8) is 0 Å². The molecular formula is C36H36ClN3O8. The summed E-state index contributed by atoms with van der Waals surface area (Å²) >= 11 is 6.15. The fourth-order valence-corrected chi connectivity index (χ4v) is 5.67. The lowest BCUT2D eigenvalue weighted by molar-refractivity contribution is 0.206. The Kier molecular flexibility index (Phi) is 9.98. The van der Waals surface area contributed by atoms with Gasteiger partial charge in [-0.2, -0.15) is 0 Å². The summed E-state index contributed by atoms with van der Waals surface area (Å²) in [6.45, 7) is 1.22. The van der Waals surface area contributed by atoms with Crippen molar-refractivity contribution in [2.45, 2.75) is 12.7 Å². The molecule has 0 amide bonds. The van der Waals surface area contributed by atoms with E-state index in [1.165, 1.54) is 0 Å². The van der Waals surface area contributed by atoms with Gasteiger partial charge in [0.15, 0.2) is 40.3 Å². The van der Waals surface area contributed by atoms with Crippen LogP contribution in [0.25, 0.3) is 22.6 Å². The van der Waals surface area contributed by atoms with Gasteiger partial charge in [0.1, 0.15) is 25.1 Å². The van der Waals surface area contributed by atoms with Crippen molar-refractivity contribution in [3.8, 4) is 62.8 Å². The van der Waals surface area contributed by atoms with Crippen molar-refractivity contribution in [3.05, 3.63) is 88.9 Å². The second kappa shape index (κ2) is 14.7. The highest BCUT2D eigenvalue weighted by atomic mass is 35.5. The van der Waals surface area contributed by atoms with Crippen LogP contribution < -0.4 is 43.8 Å². The molecule has 1 aliphatic rings. The lowest BCUT2D eigenvalue weighted by Gasteiger charge is -2.29. The predicted molar refractivity (Wildman–Crippen MR) is 182 cm³/mol. The first-order chi connectivity index (χ1) is 23.4. The van der Waals surface area contributed by atoms with E-state index in [4.69, 9.17) is 49.3 Å². The summed E-state index contributed by atoms with van der Waals surface area (Å²) in [5, 5.41) is 12.0. The van der Waals surface area contributed by atoms with Crippen molar-refractivity contribution >= 4 is 17.3 Å². The number of hydrogen-bond acceptors (Lipinski definition) is 11. The molecule has 12 heteroatoms. The second-order valence-corrected chi connectivity index (χ2v) is 11.2. The maximum atomic E-state index is 6.15. The topological polar surface area (TPSA) is 115 Å². The molecule has 0 saturated heterocycles. The van der Waals surface area contributed by atoms with Crippen molar-refractivity contribution in [2.24, 2.45) is 0 Å². The zero-order valence-electron chi connectivity index (χ0n) is 27.2. The highest BCUT2D eigenvalue weighted by Gasteiger charge is 2.21. The molecule has 0 fully saturated rings. The maximum absolute atomic E-state index is 6.15. The zero-order chi connectivity index (χ0) is 33.6. The highest BCUT2D eigenvalue weighted by Crippen LogP contribution is 2.42. The molecule has 4 aromatic carbocycles. The molecule has 0 radical (unpaired) electrons. The Bertz CT molecular complexity index is 1870. The lowest BCUT2D eigenvalue weighted by Crippen LogP contribution is -2.32. The van der Waals surface area contributed by atoms with Crippen molar-refractivity contribution in [1.29, 1.82) is 0 Å². The van der Waals surface area contributed by atoms with Crippen molar-refractivity contribution < 1.29 is 37.7 Å². The molecule has 5 aromatic rings. The van der Waals surface area contributed by atoms with E-state index in [-0.39, 0.29) is 19.4 Å². The Morgan fingerprint density at radius 1 is 0.688 bits per heavy atom. The minimum absolute atomic E-state index is 0.0904. The smallest absolute Gasteiger partial charge is 0.203 e. The molecule has 0 saturated carbocycles. The first-order valence-electron chi connectivity index (χ1n) is 15.1. The Hall–Kier alpha value is -5.26. The minimum Gasteiger partial charge on any atom is -0.493 e. The molecule has 2 heterocycles. The Balaban J connectivity index is 1.11. The molecule has 6 rings (SSSR count). The largest absolute Gasteiger partial charge is 0.493 e. The summed E-state index contributed by atoms with van der Waals surface area (Å²) in [4.78, 5) is 0. The molecule has 0 aliphatic carbocycles. The van der Waals surface area contributed by atoms with Gasteiger partial charge in [-0.25, -0.2) is 0 Å². The van der Waals surface area contributed by atoms with Crippen LogP contribution in [0.3, 0.4) is 0 Å². The van der Waals surface area contributed by atoms with E-state index >= 15 is 0 Å². The molecule has 2 N–H and O–H groups in total. The Morgan fingerprint density at radius 3 is 2.08 bits per heavy atom.